The molecule has 0 heterocycles. The summed E-state index contributed by atoms with van der Waals surface area (Å²) >= 11 is 0. The smallest absolute Gasteiger partial charge is 0.293 e. The zero-order valence-corrected chi connectivity index (χ0v) is 7.06. The number of benzene rings is 1. The van der Waals surface area contributed by atoms with Gasteiger partial charge in [0.25, 0.3) is 5.69 Å². The van der Waals surface area contributed by atoms with Gasteiger partial charge in [-0.3, -0.25) is 20.8 Å². The molecule has 1 amide bonds. The van der Waals surface area contributed by atoms with E-state index in [2.05, 4.69) is 5.43 Å². The summed E-state index contributed by atoms with van der Waals surface area (Å²) in [7, 11) is 0. The van der Waals surface area contributed by atoms with Crippen LogP contribution in [0.5, 0.6) is 0 Å². The highest BCUT2D eigenvalue weighted by atomic mass is 16.6. The first kappa shape index (κ1) is 9.93. The number of nitrogen functional groups attached to an aromatic ring is 1. The van der Waals surface area contributed by atoms with Crippen LogP contribution in [0, 0.1) is 10.1 Å². The van der Waals surface area contributed by atoms with Gasteiger partial charge in [-0.15, -0.1) is 0 Å². The van der Waals surface area contributed by atoms with E-state index in [-0.39, 0.29) is 16.9 Å². The molecule has 1 aromatic carbocycles. The van der Waals surface area contributed by atoms with Gasteiger partial charge < -0.3 is 11.2 Å². The molecule has 0 aliphatic rings. The minimum Gasteiger partial charge on any atom is -0.366 e. The monoisotopic (exact) mass is 196 g/mol. The van der Waals surface area contributed by atoms with E-state index in [9.17, 15) is 14.9 Å². The van der Waals surface area contributed by atoms with Crippen LogP contribution < -0.4 is 17.0 Å². The molecule has 7 heteroatoms. The van der Waals surface area contributed by atoms with Crippen molar-refractivity contribution in [3.8, 4) is 0 Å². The molecule has 0 fully saturated rings. The molecule has 0 radical (unpaired) electrons. The fourth-order valence-corrected chi connectivity index (χ4v) is 0.964. The average molecular weight is 196 g/mol. The normalized spacial score (nSPS) is 9.50. The molecule has 5 N–H and O–H groups in total. The SMILES string of the molecule is NNc1cc(C(N)=O)ccc1[N+](=O)[O-]. The highest BCUT2D eigenvalue weighted by molar-refractivity contribution is 5.94. The van der Waals surface area contributed by atoms with Gasteiger partial charge in [-0.05, 0) is 12.1 Å². The topological polar surface area (TPSA) is 124 Å². The number of carbonyl (C=O) groups is 1. The Hall–Kier alpha value is -2.15. The van der Waals surface area contributed by atoms with Crippen LogP contribution in [0.2, 0.25) is 0 Å². The van der Waals surface area contributed by atoms with Crippen molar-refractivity contribution in [1.29, 1.82) is 0 Å². The molecule has 0 unspecified atom stereocenters. The van der Waals surface area contributed by atoms with Crippen LogP contribution in [-0.4, -0.2) is 10.8 Å². The van der Waals surface area contributed by atoms with Crippen molar-refractivity contribution in [1.82, 2.24) is 0 Å². The molecule has 0 aromatic heterocycles. The fourth-order valence-electron chi connectivity index (χ4n) is 0.964. The van der Waals surface area contributed by atoms with Gasteiger partial charge >= 0.3 is 0 Å². The third-order valence-electron chi connectivity index (χ3n) is 1.63. The second-order valence-corrected chi connectivity index (χ2v) is 2.50. The number of nitrogens with one attached hydrogen (secondary N) is 1. The number of primary amides is 1. The molecule has 0 aliphatic heterocycles. The number of nitrogens with two attached hydrogens (primary N) is 2. The third-order valence-corrected chi connectivity index (χ3v) is 1.63. The number of hydrogen-bond acceptors (Lipinski definition) is 5. The zero-order valence-electron chi connectivity index (χ0n) is 7.06. The van der Waals surface area contributed by atoms with Crippen LogP contribution in [0.4, 0.5) is 11.4 Å². The maximum atomic E-state index is 10.7. The first-order valence-corrected chi connectivity index (χ1v) is 3.61. The summed E-state index contributed by atoms with van der Waals surface area (Å²) in [6, 6.07) is 3.65. The molecule has 0 saturated heterocycles. The first-order chi connectivity index (χ1) is 6.56. The molecule has 7 nitrogen and oxygen atoms in total. The van der Waals surface area contributed by atoms with Crippen molar-refractivity contribution in [3.05, 3.63) is 33.9 Å². The van der Waals surface area contributed by atoms with Gasteiger partial charge in [-0.25, -0.2) is 0 Å². The molecular formula is C7H8N4O3. The van der Waals surface area contributed by atoms with Gasteiger partial charge in [0.2, 0.25) is 5.91 Å². The van der Waals surface area contributed by atoms with Crippen LogP contribution >= 0.6 is 0 Å². The Labute approximate surface area is 78.8 Å². The Morgan fingerprint density at radius 1 is 1.50 bits per heavy atom. The largest absolute Gasteiger partial charge is 0.366 e. The molecular weight excluding hydrogens is 188 g/mol. The summed E-state index contributed by atoms with van der Waals surface area (Å²) in [5.74, 6) is 4.38. The summed E-state index contributed by atoms with van der Waals surface area (Å²) in [4.78, 5) is 20.6. The zero-order chi connectivity index (χ0) is 10.7. The van der Waals surface area contributed by atoms with Gasteiger partial charge in [0.15, 0.2) is 0 Å². The van der Waals surface area contributed by atoms with Gasteiger partial charge in [-0.2, -0.15) is 0 Å². The highest BCUT2D eigenvalue weighted by Gasteiger charge is 2.14. The van der Waals surface area contributed by atoms with Crippen LogP contribution in [0.15, 0.2) is 18.2 Å². The molecule has 1 aromatic rings. The maximum Gasteiger partial charge on any atom is 0.293 e. The van der Waals surface area contributed by atoms with Gasteiger partial charge in [-0.1, -0.05) is 0 Å². The number of nitro benzene ring substituents is 1. The second-order valence-electron chi connectivity index (χ2n) is 2.50. The van der Waals surface area contributed by atoms with Crippen molar-refractivity contribution >= 4 is 17.3 Å². The lowest BCUT2D eigenvalue weighted by Gasteiger charge is -2.02. The minimum atomic E-state index is -0.670. The van der Waals surface area contributed by atoms with Gasteiger partial charge in [0.1, 0.15) is 5.69 Å². The quantitative estimate of drug-likeness (QED) is 0.356. The van der Waals surface area contributed by atoms with E-state index >= 15 is 0 Å². The number of hydrogen-bond donors (Lipinski definition) is 3. The van der Waals surface area contributed by atoms with E-state index in [1.54, 1.807) is 0 Å². The number of carbonyl (C=O) groups excluding carboxylic acids is 1. The third kappa shape index (κ3) is 1.77. The summed E-state index contributed by atoms with van der Waals surface area (Å²) in [5.41, 5.74) is 7.10. The standard InChI is InChI=1S/C7H8N4O3/c8-7(12)4-1-2-6(11(13)14)5(3-4)10-9/h1-3,10H,9H2,(H2,8,12). The number of nitro groups is 1. The van der Waals surface area contributed by atoms with Gasteiger partial charge in [0, 0.05) is 11.6 Å². The van der Waals surface area contributed by atoms with Crippen molar-refractivity contribution in [2.75, 3.05) is 5.43 Å². The van der Waals surface area contributed by atoms with Crippen LogP contribution in [0.3, 0.4) is 0 Å². The van der Waals surface area contributed by atoms with E-state index < -0.39 is 10.8 Å². The Balaban J connectivity index is 3.25. The predicted molar refractivity (Wildman–Crippen MR) is 49.4 cm³/mol. The highest BCUT2D eigenvalue weighted by Crippen LogP contribution is 2.23. The Morgan fingerprint density at radius 2 is 2.14 bits per heavy atom. The summed E-state index contributed by atoms with van der Waals surface area (Å²) in [5, 5.41) is 10.5. The van der Waals surface area contributed by atoms with E-state index in [0.717, 1.165) is 6.07 Å². The number of amides is 1. The predicted octanol–water partition coefficient (Wildman–Crippen LogP) is -0.0207. The summed E-state index contributed by atoms with van der Waals surface area (Å²) < 4.78 is 0. The van der Waals surface area contributed by atoms with Crippen molar-refractivity contribution < 1.29 is 9.72 Å². The first-order valence-electron chi connectivity index (χ1n) is 3.61. The lowest BCUT2D eigenvalue weighted by molar-refractivity contribution is -0.384. The van der Waals surface area contributed by atoms with Crippen molar-refractivity contribution in [2.24, 2.45) is 11.6 Å². The average Bonchev–Trinajstić information content (AvgIpc) is 2.16. The number of hydrazine groups is 1. The number of anilines is 1. The van der Waals surface area contributed by atoms with E-state index in [4.69, 9.17) is 11.6 Å². The molecule has 1 rings (SSSR count). The molecule has 0 aliphatic carbocycles. The minimum absolute atomic E-state index is 0.0475. The van der Waals surface area contributed by atoms with E-state index in [1.165, 1.54) is 12.1 Å². The molecule has 0 atom stereocenters. The van der Waals surface area contributed by atoms with E-state index in [0.29, 0.717) is 0 Å². The lowest BCUT2D eigenvalue weighted by Crippen LogP contribution is -2.14. The van der Waals surface area contributed by atoms with E-state index in [1.807, 2.05) is 0 Å². The molecule has 74 valence electrons. The summed E-state index contributed by atoms with van der Waals surface area (Å²) in [6.07, 6.45) is 0. The molecule has 0 spiro atoms. The number of nitrogens with zero attached hydrogens (tertiary/aromatic N) is 1. The fraction of sp³-hybridized carbons (Fsp3) is 0. The van der Waals surface area contributed by atoms with Crippen molar-refractivity contribution in [2.45, 2.75) is 0 Å². The summed E-state index contributed by atoms with van der Waals surface area (Å²) in [6.45, 7) is 0. The number of rotatable bonds is 3. The molecule has 14 heavy (non-hydrogen) atoms. The van der Waals surface area contributed by atoms with Crippen LogP contribution in [0.1, 0.15) is 10.4 Å². The van der Waals surface area contributed by atoms with Crippen molar-refractivity contribution in [3.63, 3.8) is 0 Å². The second kappa shape index (κ2) is 3.71. The molecule has 0 bridgehead atoms. The Kier molecular flexibility index (Phi) is 2.63. The lowest BCUT2D eigenvalue weighted by atomic mass is 10.1. The molecule has 0 saturated carbocycles. The Bertz CT molecular complexity index is 391. The van der Waals surface area contributed by atoms with Crippen LogP contribution in [0.25, 0.3) is 0 Å². The van der Waals surface area contributed by atoms with Gasteiger partial charge in [0.05, 0.1) is 4.92 Å². The maximum absolute atomic E-state index is 10.7. The Morgan fingerprint density at radius 3 is 2.57 bits per heavy atom. The van der Waals surface area contributed by atoms with Crippen LogP contribution in [-0.2, 0) is 0 Å².